The predicted molar refractivity (Wildman–Crippen MR) is 117 cm³/mol. The Balaban J connectivity index is 0.00000280. The number of imide groups is 1. The van der Waals surface area contributed by atoms with E-state index in [1.54, 1.807) is 7.05 Å². The standard InChI is InChI=1S/C18H30N6O3.HI/c1-19-17(20-8-10-24-15(25)11-21-18(24)27)22-14-7-9-23(12-14)16(26)13-5-3-2-4-6-13;/h13-14H,2-12H2,1H3,(H,21,27)(H2,19,20,22);1H. The summed E-state index contributed by atoms with van der Waals surface area (Å²) in [5, 5.41) is 8.97. The van der Waals surface area contributed by atoms with E-state index in [0.29, 0.717) is 31.5 Å². The van der Waals surface area contributed by atoms with E-state index in [1.807, 2.05) is 4.90 Å². The van der Waals surface area contributed by atoms with Crippen LogP contribution in [0.15, 0.2) is 4.99 Å². The molecule has 28 heavy (non-hydrogen) atoms. The number of guanidine groups is 1. The van der Waals surface area contributed by atoms with Gasteiger partial charge in [-0.3, -0.25) is 19.5 Å². The number of hydrogen-bond acceptors (Lipinski definition) is 4. The molecule has 2 aliphatic heterocycles. The normalized spacial score (nSPS) is 23.5. The van der Waals surface area contributed by atoms with E-state index in [-0.39, 0.29) is 54.4 Å². The zero-order valence-electron chi connectivity index (χ0n) is 16.4. The maximum absolute atomic E-state index is 12.7. The van der Waals surface area contributed by atoms with Crippen molar-refractivity contribution < 1.29 is 14.4 Å². The predicted octanol–water partition coefficient (Wildman–Crippen LogP) is 0.502. The van der Waals surface area contributed by atoms with Crippen molar-refractivity contribution in [1.82, 2.24) is 25.8 Å². The molecule has 0 aromatic rings. The monoisotopic (exact) mass is 506 g/mol. The number of nitrogens with zero attached hydrogens (tertiary/aromatic N) is 3. The van der Waals surface area contributed by atoms with Crippen molar-refractivity contribution >= 4 is 47.8 Å². The smallest absolute Gasteiger partial charge is 0.324 e. The van der Waals surface area contributed by atoms with Gasteiger partial charge in [-0.25, -0.2) is 4.79 Å². The van der Waals surface area contributed by atoms with Gasteiger partial charge in [-0.1, -0.05) is 19.3 Å². The van der Waals surface area contributed by atoms with Crippen LogP contribution in [0.3, 0.4) is 0 Å². The van der Waals surface area contributed by atoms with E-state index in [2.05, 4.69) is 20.9 Å². The second-order valence-electron chi connectivity index (χ2n) is 7.45. The molecular formula is C18H31IN6O3. The number of rotatable bonds is 5. The number of halogens is 1. The molecule has 3 aliphatic rings. The first-order valence-corrected chi connectivity index (χ1v) is 9.92. The van der Waals surface area contributed by atoms with E-state index in [4.69, 9.17) is 0 Å². The van der Waals surface area contributed by atoms with Crippen LogP contribution in [0, 0.1) is 5.92 Å². The van der Waals surface area contributed by atoms with Gasteiger partial charge in [0.2, 0.25) is 11.8 Å². The summed E-state index contributed by atoms with van der Waals surface area (Å²) in [6.07, 6.45) is 6.53. The molecule has 3 fully saturated rings. The fraction of sp³-hybridized carbons (Fsp3) is 0.778. The van der Waals surface area contributed by atoms with Crippen LogP contribution in [-0.4, -0.2) is 79.4 Å². The summed E-state index contributed by atoms with van der Waals surface area (Å²) < 4.78 is 0. The number of aliphatic imine (C=N–C) groups is 1. The number of carbonyl (C=O) groups is 3. The summed E-state index contributed by atoms with van der Waals surface area (Å²) in [5.41, 5.74) is 0. The van der Waals surface area contributed by atoms with Crippen LogP contribution < -0.4 is 16.0 Å². The van der Waals surface area contributed by atoms with Crippen molar-refractivity contribution in [3.05, 3.63) is 0 Å². The maximum Gasteiger partial charge on any atom is 0.324 e. The van der Waals surface area contributed by atoms with Gasteiger partial charge in [-0.05, 0) is 19.3 Å². The minimum atomic E-state index is -0.350. The molecular weight excluding hydrogens is 475 g/mol. The third-order valence-corrected chi connectivity index (χ3v) is 5.58. The Kier molecular flexibility index (Phi) is 8.77. The SMILES string of the molecule is CN=C(NCCN1C(=O)CNC1=O)NC1CCN(C(=O)C2CCCCC2)C1.I. The Bertz CT molecular complexity index is 592. The van der Waals surface area contributed by atoms with E-state index in [1.165, 1.54) is 24.2 Å². The highest BCUT2D eigenvalue weighted by Crippen LogP contribution is 2.26. The molecule has 4 amide bonds. The van der Waals surface area contributed by atoms with Gasteiger partial charge in [-0.15, -0.1) is 24.0 Å². The average Bonchev–Trinajstić information content (AvgIpc) is 3.28. The number of likely N-dealkylation sites (tertiary alicyclic amines) is 1. The summed E-state index contributed by atoms with van der Waals surface area (Å²) in [7, 11) is 1.68. The van der Waals surface area contributed by atoms with Gasteiger partial charge in [0.15, 0.2) is 5.96 Å². The highest BCUT2D eigenvalue weighted by molar-refractivity contribution is 14.0. The van der Waals surface area contributed by atoms with Crippen LogP contribution in [0.1, 0.15) is 38.5 Å². The molecule has 3 N–H and O–H groups in total. The Labute approximate surface area is 183 Å². The fourth-order valence-electron chi connectivity index (χ4n) is 4.04. The topological polar surface area (TPSA) is 106 Å². The second kappa shape index (κ2) is 10.8. The molecule has 0 aromatic carbocycles. The van der Waals surface area contributed by atoms with E-state index in [0.717, 1.165) is 25.8 Å². The van der Waals surface area contributed by atoms with E-state index in [9.17, 15) is 14.4 Å². The minimum Gasteiger partial charge on any atom is -0.355 e. The lowest BCUT2D eigenvalue weighted by Crippen LogP contribution is -2.47. The average molecular weight is 506 g/mol. The summed E-state index contributed by atoms with van der Waals surface area (Å²) in [5.74, 6) is 0.927. The highest BCUT2D eigenvalue weighted by Gasteiger charge is 2.32. The van der Waals surface area contributed by atoms with Gasteiger partial charge in [0.25, 0.3) is 0 Å². The zero-order chi connectivity index (χ0) is 19.2. The molecule has 158 valence electrons. The molecule has 10 heteroatoms. The first-order valence-electron chi connectivity index (χ1n) is 9.92. The molecule has 0 bridgehead atoms. The van der Waals surface area contributed by atoms with Crippen molar-refractivity contribution in [3.63, 3.8) is 0 Å². The summed E-state index contributed by atoms with van der Waals surface area (Å²) in [4.78, 5) is 43.1. The van der Waals surface area contributed by atoms with Crippen LogP contribution in [0.2, 0.25) is 0 Å². The molecule has 0 aromatic heterocycles. The molecule has 1 aliphatic carbocycles. The van der Waals surface area contributed by atoms with Crippen molar-refractivity contribution in [3.8, 4) is 0 Å². The quantitative estimate of drug-likeness (QED) is 0.218. The number of carbonyl (C=O) groups excluding carboxylic acids is 3. The van der Waals surface area contributed by atoms with Crippen LogP contribution >= 0.6 is 24.0 Å². The first kappa shape index (κ1) is 22.7. The molecule has 0 spiro atoms. The lowest BCUT2D eigenvalue weighted by molar-refractivity contribution is -0.135. The molecule has 3 rings (SSSR count). The van der Waals surface area contributed by atoms with E-state index >= 15 is 0 Å². The van der Waals surface area contributed by atoms with Crippen molar-refractivity contribution in [2.24, 2.45) is 10.9 Å². The second-order valence-corrected chi connectivity index (χ2v) is 7.45. The lowest BCUT2D eigenvalue weighted by atomic mass is 9.88. The third kappa shape index (κ3) is 5.71. The van der Waals surface area contributed by atoms with Crippen molar-refractivity contribution in [2.45, 2.75) is 44.6 Å². The molecule has 1 unspecified atom stereocenters. The largest absolute Gasteiger partial charge is 0.355 e. The fourth-order valence-corrected chi connectivity index (χ4v) is 4.04. The van der Waals surface area contributed by atoms with E-state index < -0.39 is 0 Å². The molecule has 2 saturated heterocycles. The third-order valence-electron chi connectivity index (χ3n) is 5.58. The van der Waals surface area contributed by atoms with Gasteiger partial charge in [0.05, 0.1) is 6.54 Å². The minimum absolute atomic E-state index is 0. The van der Waals surface area contributed by atoms with Gasteiger partial charge in [0, 0.05) is 45.2 Å². The van der Waals surface area contributed by atoms with Gasteiger partial charge < -0.3 is 20.9 Å². The summed E-state index contributed by atoms with van der Waals surface area (Å²) in [6.45, 7) is 2.27. The lowest BCUT2D eigenvalue weighted by Gasteiger charge is -2.26. The Morgan fingerprint density at radius 2 is 1.96 bits per heavy atom. The Morgan fingerprint density at radius 1 is 1.21 bits per heavy atom. The van der Waals surface area contributed by atoms with Crippen LogP contribution in [0.5, 0.6) is 0 Å². The van der Waals surface area contributed by atoms with Gasteiger partial charge in [0.1, 0.15) is 0 Å². The van der Waals surface area contributed by atoms with Crippen molar-refractivity contribution in [1.29, 1.82) is 0 Å². The number of hydrogen-bond donors (Lipinski definition) is 3. The molecule has 0 radical (unpaired) electrons. The summed E-state index contributed by atoms with van der Waals surface area (Å²) >= 11 is 0. The summed E-state index contributed by atoms with van der Waals surface area (Å²) in [6, 6.07) is -0.183. The highest BCUT2D eigenvalue weighted by atomic mass is 127. The number of urea groups is 1. The van der Waals surface area contributed by atoms with Gasteiger partial charge in [-0.2, -0.15) is 0 Å². The van der Waals surface area contributed by atoms with Gasteiger partial charge >= 0.3 is 6.03 Å². The maximum atomic E-state index is 12.7. The molecule has 9 nitrogen and oxygen atoms in total. The molecule has 1 saturated carbocycles. The molecule has 2 heterocycles. The number of nitrogens with one attached hydrogen (secondary N) is 3. The van der Waals surface area contributed by atoms with Crippen LogP contribution in [0.4, 0.5) is 4.79 Å². The zero-order valence-corrected chi connectivity index (χ0v) is 18.7. The van der Waals surface area contributed by atoms with Crippen LogP contribution in [-0.2, 0) is 9.59 Å². The van der Waals surface area contributed by atoms with Crippen molar-refractivity contribution in [2.75, 3.05) is 39.8 Å². The first-order chi connectivity index (χ1) is 13.1. The number of amides is 4. The molecule has 1 atom stereocenters. The van der Waals surface area contributed by atoms with Crippen LogP contribution in [0.25, 0.3) is 0 Å². The Hall–Kier alpha value is -1.59. The Morgan fingerprint density at radius 3 is 2.61 bits per heavy atom.